The molecule has 9 heteroatoms. The van der Waals surface area contributed by atoms with E-state index in [-0.39, 0.29) is 22.5 Å². The maximum atomic E-state index is 13.3. The number of nitrogens with two attached hydrogens (primary N) is 2. The Bertz CT molecular complexity index is 1490. The molecule has 0 saturated heterocycles. The average Bonchev–Trinajstić information content (AvgIpc) is 3.15. The van der Waals surface area contributed by atoms with Crippen LogP contribution in [-0.4, -0.2) is 23.0 Å². The quantitative estimate of drug-likeness (QED) is 0.528. The molecule has 0 fully saturated rings. The van der Waals surface area contributed by atoms with Crippen molar-refractivity contribution in [2.24, 2.45) is 11.5 Å². The van der Waals surface area contributed by atoms with E-state index in [4.69, 9.17) is 11.5 Å². The molecule has 2 heterocycles. The van der Waals surface area contributed by atoms with E-state index in [0.717, 1.165) is 26.7 Å². The van der Waals surface area contributed by atoms with Crippen molar-refractivity contribution in [3.8, 4) is 6.07 Å². The Morgan fingerprint density at radius 2 is 1.67 bits per heavy atom. The number of carbonyl (C=O) groups is 1. The molecule has 1 aliphatic rings. The molecule has 1 aromatic heterocycles. The Kier molecular flexibility index (Phi) is 6.51. The number of thioether (sulfide) groups is 2. The average molecular weight is 493 g/mol. The summed E-state index contributed by atoms with van der Waals surface area (Å²) < 4.78 is 1.99. The zero-order valence-corrected chi connectivity index (χ0v) is 20.3. The number of nitrogens with zero attached hydrogens (tertiary/aromatic N) is 2. The van der Waals surface area contributed by atoms with E-state index >= 15 is 0 Å². The number of amides is 1. The number of benzene rings is 2. The summed E-state index contributed by atoms with van der Waals surface area (Å²) in [7, 11) is 0. The highest BCUT2D eigenvalue weighted by atomic mass is 32.2. The highest BCUT2D eigenvalue weighted by molar-refractivity contribution is 7.98. The zero-order valence-electron chi connectivity index (χ0n) is 17.9. The van der Waals surface area contributed by atoms with Crippen LogP contribution in [-0.2, 0) is 4.79 Å². The van der Waals surface area contributed by atoms with E-state index in [1.807, 2.05) is 61.0 Å². The Hall–Kier alpha value is -3.19. The second kappa shape index (κ2) is 9.35. The van der Waals surface area contributed by atoms with Crippen LogP contribution in [0.15, 0.2) is 68.7 Å². The molecule has 3 aromatic rings. The van der Waals surface area contributed by atoms with Crippen molar-refractivity contribution in [1.82, 2.24) is 4.57 Å². The van der Waals surface area contributed by atoms with E-state index in [0.29, 0.717) is 14.8 Å². The number of nitriles is 1. The predicted octanol–water partition coefficient (Wildman–Crippen LogP) is 2.27. The molecule has 0 unspecified atom stereocenters. The first kappa shape index (κ1) is 23.0. The van der Waals surface area contributed by atoms with Gasteiger partial charge >= 0.3 is 0 Å². The highest BCUT2D eigenvalue weighted by Crippen LogP contribution is 2.36. The van der Waals surface area contributed by atoms with Crippen LogP contribution < -0.4 is 26.2 Å². The number of hydrogen-bond acceptors (Lipinski definition) is 7. The summed E-state index contributed by atoms with van der Waals surface area (Å²) in [5, 5.41) is 9.92. The largest absolute Gasteiger partial charge is 0.384 e. The molecule has 0 spiro atoms. The molecule has 4 rings (SSSR count). The number of rotatable bonds is 5. The number of allylic oxidation sites excluding steroid dienone is 1. The fourth-order valence-electron chi connectivity index (χ4n) is 3.77. The second-order valence-corrected chi connectivity index (χ2v) is 10.0. The minimum atomic E-state index is -0.741. The fourth-order valence-corrected chi connectivity index (χ4v) is 5.77. The molecule has 33 heavy (non-hydrogen) atoms. The van der Waals surface area contributed by atoms with E-state index in [1.165, 1.54) is 4.57 Å². The monoisotopic (exact) mass is 492 g/mol. The van der Waals surface area contributed by atoms with E-state index in [9.17, 15) is 14.9 Å². The van der Waals surface area contributed by atoms with Crippen LogP contribution in [0.3, 0.4) is 0 Å². The SMILES string of the molecule is CSc1ccc(/C=c2/sc3n(c2=O)C(N)=C(C#N)[C@@H](c2ccc(SC)cc2)C=3C(N)=O)cc1. The number of primary amides is 1. The summed E-state index contributed by atoms with van der Waals surface area (Å²) in [4.78, 5) is 28.0. The van der Waals surface area contributed by atoms with Crippen molar-refractivity contribution < 1.29 is 4.79 Å². The zero-order chi connectivity index (χ0) is 23.7. The van der Waals surface area contributed by atoms with Crippen LogP contribution >= 0.6 is 34.9 Å². The normalized spacial score (nSPS) is 16.0. The molecular formula is C24H20N4O2S3. The third kappa shape index (κ3) is 4.13. The lowest BCUT2D eigenvalue weighted by molar-refractivity contribution is -0.113. The van der Waals surface area contributed by atoms with Gasteiger partial charge in [-0.1, -0.05) is 24.3 Å². The van der Waals surface area contributed by atoms with Crippen LogP contribution in [0.1, 0.15) is 17.0 Å². The Labute approximate surface area is 202 Å². The molecule has 1 atom stereocenters. The lowest BCUT2D eigenvalue weighted by Crippen LogP contribution is -2.41. The molecular weight excluding hydrogens is 472 g/mol. The Morgan fingerprint density at radius 1 is 1.09 bits per heavy atom. The number of fused-ring (bicyclic) bond motifs is 1. The van der Waals surface area contributed by atoms with Crippen LogP contribution in [0.25, 0.3) is 17.5 Å². The molecule has 1 amide bonds. The first-order valence-electron chi connectivity index (χ1n) is 9.85. The van der Waals surface area contributed by atoms with Crippen molar-refractivity contribution >= 4 is 58.2 Å². The van der Waals surface area contributed by atoms with Gasteiger partial charge in [-0.25, -0.2) is 0 Å². The van der Waals surface area contributed by atoms with Gasteiger partial charge in [0.1, 0.15) is 10.5 Å². The number of aromatic nitrogens is 1. The first-order valence-corrected chi connectivity index (χ1v) is 13.1. The molecule has 0 saturated carbocycles. The van der Waals surface area contributed by atoms with Gasteiger partial charge in [-0.2, -0.15) is 5.26 Å². The van der Waals surface area contributed by atoms with Gasteiger partial charge in [0.05, 0.1) is 27.7 Å². The molecule has 0 bridgehead atoms. The third-order valence-electron chi connectivity index (χ3n) is 5.40. The van der Waals surface area contributed by atoms with E-state index < -0.39 is 11.8 Å². The summed E-state index contributed by atoms with van der Waals surface area (Å²) in [6.07, 6.45) is 5.71. The van der Waals surface area contributed by atoms with Gasteiger partial charge in [-0.3, -0.25) is 14.2 Å². The van der Waals surface area contributed by atoms with Gasteiger partial charge in [-0.05, 0) is 54.0 Å². The number of hydrogen-bond donors (Lipinski definition) is 2. The molecule has 166 valence electrons. The number of carbonyl (C=O) groups excluding carboxylic acids is 1. The van der Waals surface area contributed by atoms with Crippen LogP contribution in [0, 0.1) is 11.3 Å². The van der Waals surface area contributed by atoms with Crippen LogP contribution in [0.4, 0.5) is 0 Å². The lowest BCUT2D eigenvalue weighted by atomic mass is 9.83. The lowest BCUT2D eigenvalue weighted by Gasteiger charge is -2.24. The molecule has 0 radical (unpaired) electrons. The molecule has 4 N–H and O–H groups in total. The predicted molar refractivity (Wildman–Crippen MR) is 136 cm³/mol. The highest BCUT2D eigenvalue weighted by Gasteiger charge is 2.34. The minimum absolute atomic E-state index is 0.0232. The second-order valence-electron chi connectivity index (χ2n) is 7.22. The van der Waals surface area contributed by atoms with Crippen LogP contribution in [0.2, 0.25) is 0 Å². The Balaban J connectivity index is 2.01. The van der Waals surface area contributed by atoms with Crippen molar-refractivity contribution in [3.05, 3.63) is 84.8 Å². The molecule has 1 aliphatic heterocycles. The van der Waals surface area contributed by atoms with Gasteiger partial charge in [0.25, 0.3) is 5.56 Å². The van der Waals surface area contributed by atoms with Crippen molar-refractivity contribution in [2.45, 2.75) is 15.7 Å². The molecule has 0 aliphatic carbocycles. The first-order chi connectivity index (χ1) is 15.9. The topological polar surface area (TPSA) is 115 Å². The summed E-state index contributed by atoms with van der Waals surface area (Å²) >= 11 is 4.37. The maximum absolute atomic E-state index is 13.3. The van der Waals surface area contributed by atoms with Crippen molar-refractivity contribution in [1.29, 1.82) is 5.26 Å². The third-order valence-corrected chi connectivity index (χ3v) is 7.99. The van der Waals surface area contributed by atoms with Crippen LogP contribution in [0.5, 0.6) is 0 Å². The summed E-state index contributed by atoms with van der Waals surface area (Å²) in [6, 6.07) is 17.4. The van der Waals surface area contributed by atoms with Crippen molar-refractivity contribution in [3.63, 3.8) is 0 Å². The fraction of sp³-hybridized carbons (Fsp3) is 0.125. The van der Waals surface area contributed by atoms with Gasteiger partial charge in [-0.15, -0.1) is 34.9 Å². The van der Waals surface area contributed by atoms with E-state index in [1.54, 1.807) is 29.6 Å². The summed E-state index contributed by atoms with van der Waals surface area (Å²) in [6.45, 7) is 0. The standard InChI is InChI=1S/C24H20N4O2S3/c1-31-15-7-3-13(4-8-15)11-18-23(30)28-21(26)17(12-25)19(20(22(27)29)24(28)33-18)14-5-9-16(32-2)10-6-14/h3-11,19H,26H2,1-2H3,(H2,27,29)/b18-11+/t19-/m1/s1. The number of thiazole rings is 1. The van der Waals surface area contributed by atoms with Crippen molar-refractivity contribution in [2.75, 3.05) is 12.5 Å². The summed E-state index contributed by atoms with van der Waals surface area (Å²) in [5.41, 5.74) is 13.6. The maximum Gasteiger partial charge on any atom is 0.274 e. The van der Waals surface area contributed by atoms with Gasteiger partial charge in [0, 0.05) is 9.79 Å². The smallest absolute Gasteiger partial charge is 0.274 e. The minimum Gasteiger partial charge on any atom is -0.384 e. The molecule has 2 aromatic carbocycles. The van der Waals surface area contributed by atoms with Gasteiger partial charge in [0.15, 0.2) is 0 Å². The Morgan fingerprint density at radius 3 is 2.18 bits per heavy atom. The van der Waals surface area contributed by atoms with E-state index in [2.05, 4.69) is 6.07 Å². The summed E-state index contributed by atoms with van der Waals surface area (Å²) in [5.74, 6) is -1.41. The van der Waals surface area contributed by atoms with Gasteiger partial charge in [0.2, 0.25) is 5.91 Å². The van der Waals surface area contributed by atoms with Gasteiger partial charge < -0.3 is 11.5 Å². The molecule has 6 nitrogen and oxygen atoms in total.